The van der Waals surface area contributed by atoms with E-state index < -0.39 is 0 Å². The molecule has 0 N–H and O–H groups in total. The van der Waals surface area contributed by atoms with Gasteiger partial charge in [-0.15, -0.1) is 0 Å². The second kappa shape index (κ2) is 6.47. The molecule has 1 amide bonds. The van der Waals surface area contributed by atoms with Crippen LogP contribution < -0.4 is 4.74 Å². The maximum Gasteiger partial charge on any atom is 0.223 e. The van der Waals surface area contributed by atoms with Crippen LogP contribution in [0.3, 0.4) is 0 Å². The first-order valence-corrected chi connectivity index (χ1v) is 11.5. The molecule has 4 nitrogen and oxygen atoms in total. The van der Waals surface area contributed by atoms with Crippen molar-refractivity contribution in [2.45, 2.75) is 88.8 Å². The number of carbonyl (C=O) groups is 1. The number of pyridine rings is 1. The minimum absolute atomic E-state index is 0.227. The van der Waals surface area contributed by atoms with Gasteiger partial charge in [0.2, 0.25) is 5.91 Å². The summed E-state index contributed by atoms with van der Waals surface area (Å²) in [6.07, 6.45) is 17.3. The Morgan fingerprint density at radius 3 is 2.25 bits per heavy atom. The standard InChI is InChI=1S/C24H32N2O2/c27-23(14-24-11-16-6-17(12-24)8-18(7-16)13-24)26-19-3-4-20(26)10-22(9-19)28-21-2-1-5-25-15-21/h1-2,5,15-20,22H,3-4,6-14H2. The van der Waals surface area contributed by atoms with Crippen molar-refractivity contribution in [3.63, 3.8) is 0 Å². The molecule has 7 rings (SSSR count). The van der Waals surface area contributed by atoms with Crippen molar-refractivity contribution in [3.8, 4) is 5.75 Å². The average molecular weight is 381 g/mol. The summed E-state index contributed by atoms with van der Waals surface area (Å²) in [6.45, 7) is 0. The van der Waals surface area contributed by atoms with Crippen LogP contribution in [0.25, 0.3) is 0 Å². The molecule has 4 heteroatoms. The minimum Gasteiger partial charge on any atom is -0.489 e. The number of hydrogen-bond donors (Lipinski definition) is 0. The molecule has 2 atom stereocenters. The summed E-state index contributed by atoms with van der Waals surface area (Å²) in [5.74, 6) is 4.10. The monoisotopic (exact) mass is 380 g/mol. The third-order valence-corrected chi connectivity index (χ3v) is 8.61. The fraction of sp³-hybridized carbons (Fsp3) is 0.750. The maximum absolute atomic E-state index is 13.5. The van der Waals surface area contributed by atoms with Crippen LogP contribution in [0.15, 0.2) is 24.5 Å². The van der Waals surface area contributed by atoms with Gasteiger partial charge in [0, 0.05) is 37.5 Å². The Kier molecular flexibility index (Phi) is 3.99. The molecule has 6 aliphatic rings. The van der Waals surface area contributed by atoms with Crippen LogP contribution in [0, 0.1) is 23.2 Å². The zero-order valence-electron chi connectivity index (χ0n) is 16.8. The number of carbonyl (C=O) groups excluding carboxylic acids is 1. The molecule has 2 saturated heterocycles. The largest absolute Gasteiger partial charge is 0.489 e. The molecule has 2 unspecified atom stereocenters. The Hall–Kier alpha value is -1.58. The smallest absolute Gasteiger partial charge is 0.223 e. The Morgan fingerprint density at radius 2 is 1.68 bits per heavy atom. The number of amides is 1. The lowest BCUT2D eigenvalue weighted by Crippen LogP contribution is -2.52. The lowest BCUT2D eigenvalue weighted by atomic mass is 9.49. The van der Waals surface area contributed by atoms with Crippen LogP contribution in [0.5, 0.6) is 5.75 Å². The summed E-state index contributed by atoms with van der Waals surface area (Å²) in [6, 6.07) is 4.69. The van der Waals surface area contributed by atoms with Crippen molar-refractivity contribution in [2.75, 3.05) is 0 Å². The third-order valence-electron chi connectivity index (χ3n) is 8.61. The van der Waals surface area contributed by atoms with E-state index in [4.69, 9.17) is 4.74 Å². The maximum atomic E-state index is 13.5. The molecular weight excluding hydrogens is 348 g/mol. The molecule has 3 heterocycles. The Bertz CT molecular complexity index is 699. The van der Waals surface area contributed by atoms with Gasteiger partial charge in [-0.25, -0.2) is 0 Å². The van der Waals surface area contributed by atoms with E-state index in [1.165, 1.54) is 38.5 Å². The van der Waals surface area contributed by atoms with Crippen LogP contribution in [0.1, 0.15) is 70.6 Å². The van der Waals surface area contributed by atoms with Crippen molar-refractivity contribution in [1.82, 2.24) is 9.88 Å². The number of hydrogen-bond acceptors (Lipinski definition) is 3. The molecule has 6 bridgehead atoms. The van der Waals surface area contributed by atoms with Gasteiger partial charge in [0.1, 0.15) is 11.9 Å². The highest BCUT2D eigenvalue weighted by atomic mass is 16.5. The van der Waals surface area contributed by atoms with E-state index in [0.717, 1.165) is 55.6 Å². The highest BCUT2D eigenvalue weighted by Crippen LogP contribution is 2.61. The first-order valence-electron chi connectivity index (χ1n) is 11.5. The summed E-state index contributed by atoms with van der Waals surface area (Å²) in [4.78, 5) is 20.0. The molecule has 0 spiro atoms. The van der Waals surface area contributed by atoms with Crippen LogP contribution in [0.2, 0.25) is 0 Å². The Balaban J connectivity index is 1.13. The Labute approximate surface area is 168 Å². The van der Waals surface area contributed by atoms with Crippen molar-refractivity contribution in [3.05, 3.63) is 24.5 Å². The summed E-state index contributed by atoms with van der Waals surface area (Å²) >= 11 is 0. The predicted octanol–water partition coefficient (Wildman–Crippen LogP) is 4.59. The van der Waals surface area contributed by atoms with Gasteiger partial charge in [-0.05, 0) is 86.7 Å². The van der Waals surface area contributed by atoms with E-state index in [2.05, 4.69) is 9.88 Å². The quantitative estimate of drug-likeness (QED) is 0.767. The highest BCUT2D eigenvalue weighted by Gasteiger charge is 2.53. The van der Waals surface area contributed by atoms with Gasteiger partial charge >= 0.3 is 0 Å². The van der Waals surface area contributed by atoms with Crippen molar-refractivity contribution in [1.29, 1.82) is 0 Å². The van der Waals surface area contributed by atoms with E-state index in [1.807, 2.05) is 12.1 Å². The van der Waals surface area contributed by atoms with Crippen molar-refractivity contribution in [2.24, 2.45) is 23.2 Å². The van der Waals surface area contributed by atoms with Crippen LogP contribution in [-0.2, 0) is 4.79 Å². The fourth-order valence-corrected chi connectivity index (χ4v) is 8.16. The van der Waals surface area contributed by atoms with E-state index in [9.17, 15) is 4.79 Å². The zero-order chi connectivity index (χ0) is 18.7. The summed E-state index contributed by atoms with van der Waals surface area (Å²) in [5.41, 5.74) is 0.355. The van der Waals surface area contributed by atoms with Crippen molar-refractivity contribution < 1.29 is 9.53 Å². The molecule has 4 saturated carbocycles. The number of aromatic nitrogens is 1. The molecule has 1 aromatic heterocycles. The van der Waals surface area contributed by atoms with Crippen LogP contribution in [-0.4, -0.2) is 34.0 Å². The number of nitrogens with zero attached hydrogens (tertiary/aromatic N) is 2. The lowest BCUT2D eigenvalue weighted by molar-refractivity contribution is -0.145. The number of fused-ring (bicyclic) bond motifs is 2. The Morgan fingerprint density at radius 1 is 1.04 bits per heavy atom. The second-order valence-corrected chi connectivity index (χ2v) is 10.7. The molecule has 28 heavy (non-hydrogen) atoms. The summed E-state index contributed by atoms with van der Waals surface area (Å²) in [7, 11) is 0. The summed E-state index contributed by atoms with van der Waals surface area (Å²) in [5, 5.41) is 0. The highest BCUT2D eigenvalue weighted by molar-refractivity contribution is 5.78. The van der Waals surface area contributed by atoms with Gasteiger partial charge in [0.25, 0.3) is 0 Å². The van der Waals surface area contributed by atoms with E-state index in [-0.39, 0.29) is 6.10 Å². The molecule has 150 valence electrons. The van der Waals surface area contributed by atoms with E-state index in [1.54, 1.807) is 12.4 Å². The van der Waals surface area contributed by atoms with E-state index in [0.29, 0.717) is 23.4 Å². The average Bonchev–Trinajstić information content (AvgIpc) is 2.92. The molecular formula is C24H32N2O2. The SMILES string of the molecule is O=C(CC12CC3CC(CC(C3)C1)C2)N1C2CCC1CC(Oc1cccnc1)C2. The molecule has 0 aromatic carbocycles. The first-order chi connectivity index (χ1) is 13.7. The van der Waals surface area contributed by atoms with Gasteiger partial charge in [-0.1, -0.05) is 0 Å². The van der Waals surface area contributed by atoms with Crippen LogP contribution >= 0.6 is 0 Å². The lowest BCUT2D eigenvalue weighted by Gasteiger charge is -2.57. The minimum atomic E-state index is 0.227. The van der Waals surface area contributed by atoms with Crippen molar-refractivity contribution >= 4 is 5.91 Å². The normalized spacial score (nSPS) is 43.4. The summed E-state index contributed by atoms with van der Waals surface area (Å²) < 4.78 is 6.20. The second-order valence-electron chi connectivity index (χ2n) is 10.7. The van der Waals surface area contributed by atoms with Gasteiger partial charge in [-0.2, -0.15) is 0 Å². The number of ether oxygens (including phenoxy) is 1. The third kappa shape index (κ3) is 2.95. The van der Waals surface area contributed by atoms with Gasteiger partial charge < -0.3 is 9.64 Å². The first kappa shape index (κ1) is 17.3. The van der Waals surface area contributed by atoms with Gasteiger partial charge in [-0.3, -0.25) is 9.78 Å². The van der Waals surface area contributed by atoms with Gasteiger partial charge in [0.15, 0.2) is 0 Å². The molecule has 1 aromatic rings. The molecule has 6 fully saturated rings. The van der Waals surface area contributed by atoms with E-state index >= 15 is 0 Å². The molecule has 0 radical (unpaired) electrons. The number of rotatable bonds is 4. The fourth-order valence-electron chi connectivity index (χ4n) is 8.16. The van der Waals surface area contributed by atoms with Gasteiger partial charge in [0.05, 0.1) is 6.20 Å². The molecule has 2 aliphatic heterocycles. The predicted molar refractivity (Wildman–Crippen MR) is 107 cm³/mol. The molecule has 4 aliphatic carbocycles. The van der Waals surface area contributed by atoms with Crippen LogP contribution in [0.4, 0.5) is 0 Å². The number of piperidine rings is 1. The topological polar surface area (TPSA) is 42.4 Å². The zero-order valence-corrected chi connectivity index (χ0v) is 16.8.